The molecule has 0 unspecified atom stereocenters. The van der Waals surface area contributed by atoms with Gasteiger partial charge in [0.1, 0.15) is 0 Å². The SMILES string of the molecule is CCCCCN1CCN(C(=O)Nc2ccc(NC(C)=O)cc2)CC1. The molecule has 0 aromatic heterocycles. The molecule has 1 heterocycles. The van der Waals surface area contributed by atoms with E-state index in [2.05, 4.69) is 22.5 Å². The molecule has 1 fully saturated rings. The summed E-state index contributed by atoms with van der Waals surface area (Å²) in [5.41, 5.74) is 1.46. The van der Waals surface area contributed by atoms with Crippen LogP contribution >= 0.6 is 0 Å². The normalized spacial score (nSPS) is 15.2. The zero-order chi connectivity index (χ0) is 17.4. The average Bonchev–Trinajstić information content (AvgIpc) is 2.57. The summed E-state index contributed by atoms with van der Waals surface area (Å²) in [6.07, 6.45) is 3.75. The Kier molecular flexibility index (Phi) is 7.06. The first kappa shape index (κ1) is 18.3. The highest BCUT2D eigenvalue weighted by Crippen LogP contribution is 2.14. The van der Waals surface area contributed by atoms with Gasteiger partial charge in [0.15, 0.2) is 0 Å². The van der Waals surface area contributed by atoms with Crippen LogP contribution in [0.3, 0.4) is 0 Å². The Balaban J connectivity index is 1.76. The van der Waals surface area contributed by atoms with Gasteiger partial charge in [-0.2, -0.15) is 0 Å². The second kappa shape index (κ2) is 9.27. The minimum Gasteiger partial charge on any atom is -0.326 e. The molecule has 1 aliphatic heterocycles. The lowest BCUT2D eigenvalue weighted by Crippen LogP contribution is -2.50. The van der Waals surface area contributed by atoms with Crippen LogP contribution in [0.2, 0.25) is 0 Å². The molecule has 0 atom stereocenters. The first-order valence-electron chi connectivity index (χ1n) is 8.74. The van der Waals surface area contributed by atoms with Gasteiger partial charge in [-0.1, -0.05) is 19.8 Å². The molecule has 6 nitrogen and oxygen atoms in total. The van der Waals surface area contributed by atoms with Gasteiger partial charge in [-0.05, 0) is 37.2 Å². The lowest BCUT2D eigenvalue weighted by molar-refractivity contribution is -0.114. The van der Waals surface area contributed by atoms with Crippen molar-refractivity contribution in [2.24, 2.45) is 0 Å². The van der Waals surface area contributed by atoms with Crippen molar-refractivity contribution in [3.63, 3.8) is 0 Å². The summed E-state index contributed by atoms with van der Waals surface area (Å²) in [5.74, 6) is -0.108. The highest BCUT2D eigenvalue weighted by atomic mass is 16.2. The molecule has 0 radical (unpaired) electrons. The summed E-state index contributed by atoms with van der Waals surface area (Å²) in [5, 5.41) is 5.62. The number of nitrogens with one attached hydrogen (secondary N) is 2. The van der Waals surface area contributed by atoms with Crippen molar-refractivity contribution in [1.82, 2.24) is 9.80 Å². The van der Waals surface area contributed by atoms with Crippen molar-refractivity contribution in [2.45, 2.75) is 33.1 Å². The van der Waals surface area contributed by atoms with Crippen LogP contribution < -0.4 is 10.6 Å². The number of benzene rings is 1. The molecule has 24 heavy (non-hydrogen) atoms. The highest BCUT2D eigenvalue weighted by molar-refractivity contribution is 5.91. The third-order valence-electron chi connectivity index (χ3n) is 4.19. The molecule has 2 rings (SSSR count). The number of urea groups is 1. The van der Waals surface area contributed by atoms with Crippen molar-refractivity contribution in [3.05, 3.63) is 24.3 Å². The minimum atomic E-state index is -0.108. The largest absolute Gasteiger partial charge is 0.326 e. The number of rotatable bonds is 6. The van der Waals surface area contributed by atoms with E-state index in [1.165, 1.54) is 26.2 Å². The van der Waals surface area contributed by atoms with Crippen molar-refractivity contribution >= 4 is 23.3 Å². The van der Waals surface area contributed by atoms with Crippen LogP contribution in [0.4, 0.5) is 16.2 Å². The summed E-state index contributed by atoms with van der Waals surface area (Å²) in [7, 11) is 0. The number of amides is 3. The van der Waals surface area contributed by atoms with Gasteiger partial charge >= 0.3 is 6.03 Å². The maximum Gasteiger partial charge on any atom is 0.321 e. The summed E-state index contributed by atoms with van der Waals surface area (Å²) in [6.45, 7) is 8.23. The molecule has 1 aliphatic rings. The van der Waals surface area contributed by atoms with E-state index in [-0.39, 0.29) is 11.9 Å². The second-order valence-electron chi connectivity index (χ2n) is 6.22. The summed E-state index contributed by atoms with van der Waals surface area (Å²) < 4.78 is 0. The Labute approximate surface area is 144 Å². The third kappa shape index (κ3) is 5.85. The van der Waals surface area contributed by atoms with Crippen LogP contribution in [0.1, 0.15) is 33.1 Å². The molecular weight excluding hydrogens is 304 g/mol. The second-order valence-corrected chi connectivity index (χ2v) is 6.22. The lowest BCUT2D eigenvalue weighted by atomic mass is 10.2. The molecule has 1 saturated heterocycles. The number of hydrogen-bond donors (Lipinski definition) is 2. The van der Waals surface area contributed by atoms with Gasteiger partial charge in [0.05, 0.1) is 0 Å². The fourth-order valence-corrected chi connectivity index (χ4v) is 2.80. The monoisotopic (exact) mass is 332 g/mol. The average molecular weight is 332 g/mol. The van der Waals surface area contributed by atoms with Crippen molar-refractivity contribution in [3.8, 4) is 0 Å². The molecule has 0 saturated carbocycles. The molecular formula is C18H28N4O2. The zero-order valence-electron chi connectivity index (χ0n) is 14.7. The highest BCUT2D eigenvalue weighted by Gasteiger charge is 2.20. The number of hydrogen-bond acceptors (Lipinski definition) is 3. The Morgan fingerprint density at radius 2 is 1.54 bits per heavy atom. The Bertz CT molecular complexity index is 536. The molecule has 2 N–H and O–H groups in total. The van der Waals surface area contributed by atoms with Gasteiger partial charge in [0.25, 0.3) is 0 Å². The number of piperazine rings is 1. The number of nitrogens with zero attached hydrogens (tertiary/aromatic N) is 2. The number of unbranched alkanes of at least 4 members (excludes halogenated alkanes) is 2. The van der Waals surface area contributed by atoms with Gasteiger partial charge in [-0.25, -0.2) is 4.79 Å². The summed E-state index contributed by atoms with van der Waals surface area (Å²) >= 11 is 0. The van der Waals surface area contributed by atoms with E-state index in [1.54, 1.807) is 24.3 Å². The molecule has 132 valence electrons. The Morgan fingerprint density at radius 1 is 0.958 bits per heavy atom. The molecule has 0 spiro atoms. The summed E-state index contributed by atoms with van der Waals surface area (Å²) in [4.78, 5) is 27.6. The molecule has 6 heteroatoms. The van der Waals surface area contributed by atoms with Crippen molar-refractivity contribution in [2.75, 3.05) is 43.4 Å². The molecule has 3 amide bonds. The first-order chi connectivity index (χ1) is 11.6. The number of carbonyl (C=O) groups excluding carboxylic acids is 2. The lowest BCUT2D eigenvalue weighted by Gasteiger charge is -2.34. The molecule has 0 bridgehead atoms. The zero-order valence-corrected chi connectivity index (χ0v) is 14.7. The van der Waals surface area contributed by atoms with E-state index in [9.17, 15) is 9.59 Å². The smallest absolute Gasteiger partial charge is 0.321 e. The third-order valence-corrected chi connectivity index (χ3v) is 4.19. The van der Waals surface area contributed by atoms with E-state index in [4.69, 9.17) is 0 Å². The van der Waals surface area contributed by atoms with E-state index in [0.717, 1.165) is 44.1 Å². The van der Waals surface area contributed by atoms with Crippen LogP contribution in [0.25, 0.3) is 0 Å². The van der Waals surface area contributed by atoms with Gasteiger partial charge in [0, 0.05) is 44.5 Å². The Morgan fingerprint density at radius 3 is 2.08 bits per heavy atom. The minimum absolute atomic E-state index is 0.0597. The first-order valence-corrected chi connectivity index (χ1v) is 8.74. The fraction of sp³-hybridized carbons (Fsp3) is 0.556. The maximum atomic E-state index is 12.3. The summed E-state index contributed by atoms with van der Waals surface area (Å²) in [6, 6.07) is 7.09. The van der Waals surface area contributed by atoms with E-state index >= 15 is 0 Å². The van der Waals surface area contributed by atoms with Gasteiger partial charge < -0.3 is 15.5 Å². The van der Waals surface area contributed by atoms with Crippen LogP contribution in [0.15, 0.2) is 24.3 Å². The molecule has 1 aromatic carbocycles. The fourth-order valence-electron chi connectivity index (χ4n) is 2.80. The Hall–Kier alpha value is -2.08. The van der Waals surface area contributed by atoms with Gasteiger partial charge in [-0.15, -0.1) is 0 Å². The standard InChI is InChI=1S/C18H28N4O2/c1-3-4-5-10-21-11-13-22(14-12-21)18(24)20-17-8-6-16(7-9-17)19-15(2)23/h6-9H,3-5,10-14H2,1-2H3,(H,19,23)(H,20,24). The predicted molar refractivity (Wildman–Crippen MR) is 97.3 cm³/mol. The maximum absolute atomic E-state index is 12.3. The van der Waals surface area contributed by atoms with Crippen molar-refractivity contribution < 1.29 is 9.59 Å². The predicted octanol–water partition coefficient (Wildman–Crippen LogP) is 2.98. The quantitative estimate of drug-likeness (QED) is 0.787. The van der Waals surface area contributed by atoms with Crippen LogP contribution in [-0.2, 0) is 4.79 Å². The van der Waals surface area contributed by atoms with Crippen LogP contribution in [-0.4, -0.2) is 54.5 Å². The van der Waals surface area contributed by atoms with E-state index < -0.39 is 0 Å². The van der Waals surface area contributed by atoms with Gasteiger partial charge in [-0.3, -0.25) is 9.69 Å². The number of carbonyl (C=O) groups is 2. The topological polar surface area (TPSA) is 64.7 Å². The van der Waals surface area contributed by atoms with Crippen LogP contribution in [0, 0.1) is 0 Å². The van der Waals surface area contributed by atoms with E-state index in [0.29, 0.717) is 0 Å². The number of anilines is 2. The molecule has 1 aromatic rings. The molecule has 0 aliphatic carbocycles. The van der Waals surface area contributed by atoms with Crippen LogP contribution in [0.5, 0.6) is 0 Å². The van der Waals surface area contributed by atoms with Crippen molar-refractivity contribution in [1.29, 1.82) is 0 Å². The van der Waals surface area contributed by atoms with E-state index in [1.807, 2.05) is 4.90 Å². The van der Waals surface area contributed by atoms with Gasteiger partial charge in [0.2, 0.25) is 5.91 Å².